The van der Waals surface area contributed by atoms with Crippen LogP contribution in [0, 0.1) is 18.8 Å². The maximum absolute atomic E-state index is 6.11. The highest BCUT2D eigenvalue weighted by Gasteiger charge is 2.37. The molecule has 0 spiro atoms. The standard InChI is InChI=1S/C16H26N4O/c1-10(2)21-15-6-11(3)18-16(19-15)20-8-12-4-5-14(17)7-13(12)9-20/h6,10,12-14H,4-5,7-9,17H2,1-3H3/t12-,13+,14?/m1/s1. The van der Waals surface area contributed by atoms with Gasteiger partial charge in [-0.3, -0.25) is 0 Å². The third-order valence-electron chi connectivity index (χ3n) is 4.55. The van der Waals surface area contributed by atoms with Gasteiger partial charge in [-0.05, 0) is 51.9 Å². The number of anilines is 1. The van der Waals surface area contributed by atoms with E-state index in [-0.39, 0.29) is 6.10 Å². The Balaban J connectivity index is 1.76. The van der Waals surface area contributed by atoms with Crippen LogP contribution in [0.5, 0.6) is 5.88 Å². The predicted octanol–water partition coefficient (Wildman–Crippen LogP) is 2.14. The molecule has 3 rings (SSSR count). The van der Waals surface area contributed by atoms with Gasteiger partial charge in [-0.15, -0.1) is 0 Å². The van der Waals surface area contributed by atoms with E-state index in [0.29, 0.717) is 17.8 Å². The SMILES string of the molecule is Cc1cc(OC(C)C)nc(N2C[C@H]3CCC(N)C[C@H]3C2)n1. The van der Waals surface area contributed by atoms with Crippen LogP contribution in [0.1, 0.15) is 38.8 Å². The molecule has 2 aliphatic rings. The molecule has 116 valence electrons. The van der Waals surface area contributed by atoms with Gasteiger partial charge >= 0.3 is 0 Å². The van der Waals surface area contributed by atoms with Crippen molar-refractivity contribution >= 4 is 5.95 Å². The van der Waals surface area contributed by atoms with Crippen LogP contribution < -0.4 is 15.4 Å². The zero-order valence-electron chi connectivity index (χ0n) is 13.2. The molecule has 1 aromatic heterocycles. The van der Waals surface area contributed by atoms with Gasteiger partial charge in [0, 0.05) is 30.9 Å². The number of rotatable bonds is 3. The summed E-state index contributed by atoms with van der Waals surface area (Å²) >= 11 is 0. The van der Waals surface area contributed by atoms with Crippen LogP contribution in [0.4, 0.5) is 5.95 Å². The molecule has 1 aromatic rings. The Kier molecular flexibility index (Phi) is 4.02. The largest absolute Gasteiger partial charge is 0.475 e. The summed E-state index contributed by atoms with van der Waals surface area (Å²) in [5.74, 6) is 2.95. The highest BCUT2D eigenvalue weighted by atomic mass is 16.5. The molecular weight excluding hydrogens is 264 g/mol. The lowest BCUT2D eigenvalue weighted by atomic mass is 9.79. The second-order valence-electron chi connectivity index (χ2n) is 6.81. The maximum atomic E-state index is 6.11. The summed E-state index contributed by atoms with van der Waals surface area (Å²) in [6, 6.07) is 2.28. The summed E-state index contributed by atoms with van der Waals surface area (Å²) in [6.07, 6.45) is 3.67. The quantitative estimate of drug-likeness (QED) is 0.924. The molecule has 1 aliphatic heterocycles. The Hall–Kier alpha value is -1.36. The Labute approximate surface area is 126 Å². The van der Waals surface area contributed by atoms with Gasteiger partial charge in [-0.2, -0.15) is 4.98 Å². The first-order chi connectivity index (χ1) is 10.0. The van der Waals surface area contributed by atoms with Crippen LogP contribution in [0.3, 0.4) is 0 Å². The minimum absolute atomic E-state index is 0.131. The molecule has 0 amide bonds. The van der Waals surface area contributed by atoms with E-state index in [1.54, 1.807) is 0 Å². The summed E-state index contributed by atoms with van der Waals surface area (Å²) in [4.78, 5) is 11.5. The number of aryl methyl sites for hydroxylation is 1. The third-order valence-corrected chi connectivity index (χ3v) is 4.55. The van der Waals surface area contributed by atoms with Crippen molar-refractivity contribution < 1.29 is 4.74 Å². The summed E-state index contributed by atoms with van der Waals surface area (Å²) < 4.78 is 5.73. The van der Waals surface area contributed by atoms with Crippen LogP contribution >= 0.6 is 0 Å². The molecule has 5 heteroatoms. The summed E-state index contributed by atoms with van der Waals surface area (Å²) in [5, 5.41) is 0. The lowest BCUT2D eigenvalue weighted by Gasteiger charge is -2.27. The Morgan fingerprint density at radius 1 is 1.24 bits per heavy atom. The van der Waals surface area contributed by atoms with Crippen molar-refractivity contribution in [3.05, 3.63) is 11.8 Å². The first kappa shape index (κ1) is 14.6. The van der Waals surface area contributed by atoms with Crippen LogP contribution in [-0.2, 0) is 0 Å². The predicted molar refractivity (Wildman–Crippen MR) is 83.6 cm³/mol. The van der Waals surface area contributed by atoms with Crippen LogP contribution in [0.2, 0.25) is 0 Å². The average molecular weight is 290 g/mol. The highest BCUT2D eigenvalue weighted by Crippen LogP contribution is 2.37. The van der Waals surface area contributed by atoms with E-state index in [1.165, 1.54) is 6.42 Å². The van der Waals surface area contributed by atoms with Gasteiger partial charge in [0.25, 0.3) is 0 Å². The molecule has 0 bridgehead atoms. The van der Waals surface area contributed by atoms with E-state index in [0.717, 1.165) is 43.5 Å². The maximum Gasteiger partial charge on any atom is 0.228 e. The fraction of sp³-hybridized carbons (Fsp3) is 0.750. The minimum Gasteiger partial charge on any atom is -0.475 e. The zero-order chi connectivity index (χ0) is 15.0. The van der Waals surface area contributed by atoms with Gasteiger partial charge in [-0.25, -0.2) is 4.98 Å². The molecular formula is C16H26N4O. The number of hydrogen-bond acceptors (Lipinski definition) is 5. The summed E-state index contributed by atoms with van der Waals surface area (Å²) in [6.45, 7) is 8.12. The van der Waals surface area contributed by atoms with Gasteiger partial charge in [0.05, 0.1) is 6.10 Å². The molecule has 0 radical (unpaired) electrons. The average Bonchev–Trinajstić information content (AvgIpc) is 2.80. The lowest BCUT2D eigenvalue weighted by molar-refractivity contribution is 0.232. The number of fused-ring (bicyclic) bond motifs is 1. The van der Waals surface area contributed by atoms with Crippen molar-refractivity contribution in [3.8, 4) is 5.88 Å². The number of ether oxygens (including phenoxy) is 1. The van der Waals surface area contributed by atoms with Gasteiger partial charge < -0.3 is 15.4 Å². The fourth-order valence-corrected chi connectivity index (χ4v) is 3.60. The smallest absolute Gasteiger partial charge is 0.228 e. The van der Waals surface area contributed by atoms with Crippen LogP contribution in [-0.4, -0.2) is 35.2 Å². The molecule has 3 atom stereocenters. The molecule has 1 saturated heterocycles. The van der Waals surface area contributed by atoms with Crippen LogP contribution in [0.15, 0.2) is 6.07 Å². The van der Waals surface area contributed by atoms with E-state index in [4.69, 9.17) is 10.5 Å². The van der Waals surface area contributed by atoms with Crippen molar-refractivity contribution in [1.29, 1.82) is 0 Å². The van der Waals surface area contributed by atoms with Crippen molar-refractivity contribution in [2.24, 2.45) is 17.6 Å². The summed E-state index contributed by atoms with van der Waals surface area (Å²) in [5.41, 5.74) is 7.07. The first-order valence-electron chi connectivity index (χ1n) is 8.04. The fourth-order valence-electron chi connectivity index (χ4n) is 3.60. The molecule has 0 aromatic carbocycles. The second-order valence-corrected chi connectivity index (χ2v) is 6.81. The molecule has 21 heavy (non-hydrogen) atoms. The molecule has 1 saturated carbocycles. The topological polar surface area (TPSA) is 64.3 Å². The van der Waals surface area contributed by atoms with Crippen molar-refractivity contribution in [3.63, 3.8) is 0 Å². The van der Waals surface area contributed by atoms with Crippen molar-refractivity contribution in [2.75, 3.05) is 18.0 Å². The Morgan fingerprint density at radius 3 is 2.76 bits per heavy atom. The van der Waals surface area contributed by atoms with E-state index in [9.17, 15) is 0 Å². The number of nitrogens with zero attached hydrogens (tertiary/aromatic N) is 3. The van der Waals surface area contributed by atoms with Gasteiger partial charge in [0.1, 0.15) is 0 Å². The molecule has 1 aliphatic carbocycles. The van der Waals surface area contributed by atoms with E-state index in [2.05, 4.69) is 14.9 Å². The molecule has 5 nitrogen and oxygen atoms in total. The molecule has 1 unspecified atom stereocenters. The Bertz CT molecular complexity index is 505. The van der Waals surface area contributed by atoms with Crippen LogP contribution in [0.25, 0.3) is 0 Å². The number of nitrogens with two attached hydrogens (primary N) is 1. The van der Waals surface area contributed by atoms with Gasteiger partial charge in [0.15, 0.2) is 0 Å². The van der Waals surface area contributed by atoms with Crippen molar-refractivity contribution in [2.45, 2.75) is 52.2 Å². The van der Waals surface area contributed by atoms with Gasteiger partial charge in [-0.1, -0.05) is 0 Å². The second kappa shape index (κ2) is 5.79. The third kappa shape index (κ3) is 3.28. The van der Waals surface area contributed by atoms with E-state index < -0.39 is 0 Å². The number of hydrogen-bond donors (Lipinski definition) is 1. The first-order valence-corrected chi connectivity index (χ1v) is 8.04. The zero-order valence-corrected chi connectivity index (χ0v) is 13.2. The normalized spacial score (nSPS) is 28.8. The molecule has 2 fully saturated rings. The molecule has 2 N–H and O–H groups in total. The van der Waals surface area contributed by atoms with Crippen molar-refractivity contribution in [1.82, 2.24) is 9.97 Å². The summed E-state index contributed by atoms with van der Waals surface area (Å²) in [7, 11) is 0. The monoisotopic (exact) mass is 290 g/mol. The van der Waals surface area contributed by atoms with E-state index in [1.807, 2.05) is 26.8 Å². The lowest BCUT2D eigenvalue weighted by Crippen LogP contribution is -2.32. The molecule has 2 heterocycles. The minimum atomic E-state index is 0.131. The number of aromatic nitrogens is 2. The van der Waals surface area contributed by atoms with Gasteiger partial charge in [0.2, 0.25) is 11.8 Å². The van der Waals surface area contributed by atoms with E-state index >= 15 is 0 Å². The highest BCUT2D eigenvalue weighted by molar-refractivity contribution is 5.36. The Morgan fingerprint density at radius 2 is 2.00 bits per heavy atom.